The van der Waals surface area contributed by atoms with Gasteiger partial charge >= 0.3 is 7.48 Å². The van der Waals surface area contributed by atoms with Crippen molar-refractivity contribution in [3.05, 3.63) is 101 Å². The van der Waals surface area contributed by atoms with E-state index in [-0.39, 0.29) is 10.8 Å². The fourth-order valence-electron chi connectivity index (χ4n) is 6.38. The van der Waals surface area contributed by atoms with E-state index >= 15 is 0 Å². The summed E-state index contributed by atoms with van der Waals surface area (Å²) < 4.78 is 6.19. The van der Waals surface area contributed by atoms with Crippen LogP contribution in [0.15, 0.2) is 78.9 Å². The molecule has 0 heterocycles. The molecular weight excluding hydrogens is 475 g/mol. The van der Waals surface area contributed by atoms with E-state index < -0.39 is 11.2 Å². The van der Waals surface area contributed by atoms with Crippen molar-refractivity contribution in [3.8, 4) is 33.4 Å². The molecule has 0 aliphatic heterocycles. The monoisotopic (exact) mass is 514 g/mol. The normalized spacial score (nSPS) is 16.3. The smallest absolute Gasteiger partial charge is 0.309 e. The Kier molecular flexibility index (Phi) is 5.64. The summed E-state index contributed by atoms with van der Waals surface area (Å²) in [5.41, 5.74) is 12.8. The van der Waals surface area contributed by atoms with Crippen LogP contribution in [0.25, 0.3) is 33.4 Å². The van der Waals surface area contributed by atoms with Crippen molar-refractivity contribution in [1.29, 1.82) is 0 Å². The average molecular weight is 515 g/mol. The SMILES string of the molecule is CC1(C)c2ccccc2-c2ccc(-c3ccc4c(c3)C(C)(C)c3cc(BOC(C)(C)C(C)(C)O)ccc3-4)cc21. The Morgan fingerprint density at radius 3 is 1.62 bits per heavy atom. The van der Waals surface area contributed by atoms with Crippen LogP contribution < -0.4 is 5.46 Å². The first kappa shape index (κ1) is 26.1. The van der Waals surface area contributed by atoms with Crippen molar-refractivity contribution in [1.82, 2.24) is 0 Å². The zero-order valence-corrected chi connectivity index (χ0v) is 24.6. The predicted molar refractivity (Wildman–Crippen MR) is 165 cm³/mol. The zero-order chi connectivity index (χ0) is 28.0. The van der Waals surface area contributed by atoms with Gasteiger partial charge in [0.2, 0.25) is 0 Å². The van der Waals surface area contributed by atoms with Gasteiger partial charge in [0.15, 0.2) is 0 Å². The van der Waals surface area contributed by atoms with Gasteiger partial charge in [0.25, 0.3) is 0 Å². The highest BCUT2D eigenvalue weighted by atomic mass is 16.5. The molecule has 0 aromatic heterocycles. The van der Waals surface area contributed by atoms with Crippen LogP contribution in [-0.4, -0.2) is 23.8 Å². The molecule has 1 N–H and O–H groups in total. The van der Waals surface area contributed by atoms with Gasteiger partial charge in [-0.2, -0.15) is 0 Å². The molecule has 39 heavy (non-hydrogen) atoms. The van der Waals surface area contributed by atoms with E-state index in [1.807, 2.05) is 13.8 Å². The van der Waals surface area contributed by atoms with Crippen LogP contribution in [0.1, 0.15) is 77.6 Å². The Morgan fingerprint density at radius 1 is 0.590 bits per heavy atom. The Hall–Kier alpha value is -3.14. The molecule has 0 saturated heterocycles. The zero-order valence-electron chi connectivity index (χ0n) is 24.6. The second-order valence-electron chi connectivity index (χ2n) is 13.6. The summed E-state index contributed by atoms with van der Waals surface area (Å²) in [6, 6.07) is 29.5. The lowest BCUT2D eigenvalue weighted by Crippen LogP contribution is -2.49. The summed E-state index contributed by atoms with van der Waals surface area (Å²) in [7, 11) is 0.468. The largest absolute Gasteiger partial charge is 0.427 e. The maximum atomic E-state index is 10.5. The summed E-state index contributed by atoms with van der Waals surface area (Å²) in [6.45, 7) is 16.8. The van der Waals surface area contributed by atoms with Crippen LogP contribution in [0.3, 0.4) is 0 Å². The van der Waals surface area contributed by atoms with Gasteiger partial charge in [0.05, 0.1) is 11.2 Å². The summed E-state index contributed by atoms with van der Waals surface area (Å²) in [4.78, 5) is 0. The molecular formula is C36H39BO2. The molecule has 0 bridgehead atoms. The first-order valence-electron chi connectivity index (χ1n) is 14.1. The lowest BCUT2D eigenvalue weighted by molar-refractivity contribution is -0.0893. The first-order valence-corrected chi connectivity index (χ1v) is 14.1. The number of rotatable bonds is 5. The minimum Gasteiger partial charge on any atom is -0.427 e. The molecule has 4 aromatic carbocycles. The first-order chi connectivity index (χ1) is 18.2. The molecule has 4 aromatic rings. The van der Waals surface area contributed by atoms with Crippen molar-refractivity contribution >= 4 is 12.9 Å². The van der Waals surface area contributed by atoms with Crippen LogP contribution in [0.2, 0.25) is 0 Å². The van der Waals surface area contributed by atoms with Gasteiger partial charge in [-0.15, -0.1) is 0 Å². The van der Waals surface area contributed by atoms with Crippen molar-refractivity contribution < 1.29 is 9.76 Å². The topological polar surface area (TPSA) is 29.5 Å². The molecule has 198 valence electrons. The average Bonchev–Trinajstić information content (AvgIpc) is 3.26. The van der Waals surface area contributed by atoms with Gasteiger partial charge in [0, 0.05) is 10.8 Å². The Morgan fingerprint density at radius 2 is 1.05 bits per heavy atom. The summed E-state index contributed by atoms with van der Waals surface area (Å²) in [5, 5.41) is 10.5. The number of aliphatic hydroxyl groups is 1. The van der Waals surface area contributed by atoms with Crippen LogP contribution in [-0.2, 0) is 15.5 Å². The molecule has 2 nitrogen and oxygen atoms in total. The van der Waals surface area contributed by atoms with E-state index in [1.54, 1.807) is 13.8 Å². The lowest BCUT2D eigenvalue weighted by Gasteiger charge is -2.37. The second-order valence-corrected chi connectivity index (χ2v) is 13.6. The van der Waals surface area contributed by atoms with E-state index in [1.165, 1.54) is 55.6 Å². The minimum atomic E-state index is -0.925. The molecule has 0 radical (unpaired) electrons. The Balaban J connectivity index is 1.34. The van der Waals surface area contributed by atoms with Gasteiger partial charge < -0.3 is 9.76 Å². The third-order valence-electron chi connectivity index (χ3n) is 9.73. The van der Waals surface area contributed by atoms with E-state index in [9.17, 15) is 5.11 Å². The summed E-state index contributed by atoms with van der Waals surface area (Å²) in [6.07, 6.45) is 0. The molecule has 2 aliphatic carbocycles. The molecule has 6 rings (SSSR count). The third-order valence-corrected chi connectivity index (χ3v) is 9.73. The highest BCUT2D eigenvalue weighted by Gasteiger charge is 2.38. The van der Waals surface area contributed by atoms with Crippen LogP contribution in [0.5, 0.6) is 0 Å². The van der Waals surface area contributed by atoms with Crippen LogP contribution in [0, 0.1) is 0 Å². The van der Waals surface area contributed by atoms with Gasteiger partial charge in [-0.05, 0) is 95.5 Å². The maximum Gasteiger partial charge on any atom is 0.309 e. The Labute approximate surface area is 234 Å². The van der Waals surface area contributed by atoms with Crippen molar-refractivity contribution in [2.45, 2.75) is 77.4 Å². The molecule has 0 saturated carbocycles. The third kappa shape index (κ3) is 3.93. The molecule has 0 amide bonds. The molecule has 2 aliphatic rings. The molecule has 0 atom stereocenters. The number of fused-ring (bicyclic) bond motifs is 6. The van der Waals surface area contributed by atoms with E-state index in [2.05, 4.69) is 107 Å². The quantitative estimate of drug-likeness (QED) is 0.279. The van der Waals surface area contributed by atoms with Crippen LogP contribution in [0.4, 0.5) is 0 Å². The predicted octanol–water partition coefficient (Wildman–Crippen LogP) is 7.51. The molecule has 0 fully saturated rings. The number of hydrogen-bond acceptors (Lipinski definition) is 2. The summed E-state index contributed by atoms with van der Waals surface area (Å²) >= 11 is 0. The second kappa shape index (κ2) is 8.43. The lowest BCUT2D eigenvalue weighted by atomic mass is 9.77. The number of hydrogen-bond donors (Lipinski definition) is 1. The molecule has 0 spiro atoms. The fraction of sp³-hybridized carbons (Fsp3) is 0.333. The summed E-state index contributed by atoms with van der Waals surface area (Å²) in [5.74, 6) is 0. The van der Waals surface area contributed by atoms with Crippen LogP contribution >= 0.6 is 0 Å². The van der Waals surface area contributed by atoms with E-state index in [4.69, 9.17) is 4.65 Å². The van der Waals surface area contributed by atoms with Gasteiger partial charge in [-0.1, -0.05) is 99.9 Å². The van der Waals surface area contributed by atoms with Crippen molar-refractivity contribution in [2.75, 3.05) is 0 Å². The maximum absolute atomic E-state index is 10.5. The highest BCUT2D eigenvalue weighted by molar-refractivity contribution is 6.47. The molecule has 0 unspecified atom stereocenters. The van der Waals surface area contributed by atoms with Crippen molar-refractivity contribution in [2.24, 2.45) is 0 Å². The highest BCUT2D eigenvalue weighted by Crippen LogP contribution is 2.51. The van der Waals surface area contributed by atoms with E-state index in [0.29, 0.717) is 7.48 Å². The van der Waals surface area contributed by atoms with Gasteiger partial charge in [-0.25, -0.2) is 0 Å². The number of benzene rings is 4. The van der Waals surface area contributed by atoms with Gasteiger partial charge in [0.1, 0.15) is 0 Å². The standard InChI is InChI=1S/C36H39BO2/c1-33(2)29-12-10-9-11-25(29)26-16-13-22(19-30(26)33)23-14-17-27-28-18-15-24(37-39-36(7,8)35(5,6)38)21-32(28)34(3,4)31(27)20-23/h9-21,37-38H,1-8H3. The fourth-order valence-corrected chi connectivity index (χ4v) is 6.38. The molecule has 3 heteroatoms. The minimum absolute atomic E-state index is 0.00749. The van der Waals surface area contributed by atoms with E-state index in [0.717, 1.165) is 5.46 Å². The van der Waals surface area contributed by atoms with Crippen molar-refractivity contribution in [3.63, 3.8) is 0 Å². The Bertz CT molecular complexity index is 1620. The van der Waals surface area contributed by atoms with Gasteiger partial charge in [-0.3, -0.25) is 0 Å².